The summed E-state index contributed by atoms with van der Waals surface area (Å²) in [5.41, 5.74) is -0.258. The number of aromatic nitrogens is 1. The molecule has 2 aromatic rings. The fourth-order valence-corrected chi connectivity index (χ4v) is 2.17. The molecule has 0 atom stereocenters. The van der Waals surface area contributed by atoms with Crippen LogP contribution in [0.1, 0.15) is 38.1 Å². The highest BCUT2D eigenvalue weighted by molar-refractivity contribution is 6.16. The van der Waals surface area contributed by atoms with Crippen molar-refractivity contribution in [2.75, 3.05) is 20.8 Å². The molecule has 7 heteroatoms. The molecule has 0 N–H and O–H groups in total. The number of hydrogen-bond donors (Lipinski definition) is 0. The second kappa shape index (κ2) is 6.87. The molecule has 0 fully saturated rings. The third-order valence-electron chi connectivity index (χ3n) is 3.14. The van der Waals surface area contributed by atoms with Gasteiger partial charge in [-0.3, -0.25) is 0 Å². The number of methoxy groups -OCH3 is 2. The van der Waals surface area contributed by atoms with Crippen LogP contribution in [0.3, 0.4) is 0 Å². The summed E-state index contributed by atoms with van der Waals surface area (Å²) in [6.45, 7) is 1.72. The van der Waals surface area contributed by atoms with Crippen LogP contribution in [0, 0.1) is 0 Å². The van der Waals surface area contributed by atoms with Gasteiger partial charge in [0.1, 0.15) is 5.56 Å². The minimum atomic E-state index is -0.869. The molecule has 0 spiro atoms. The maximum Gasteiger partial charge on any atom is 0.357 e. The molecule has 0 radical (unpaired) electrons. The van der Waals surface area contributed by atoms with Gasteiger partial charge in [-0.15, -0.1) is 0 Å². The molecule has 0 amide bonds. The van der Waals surface area contributed by atoms with Crippen LogP contribution in [0.4, 0.5) is 0 Å². The maximum atomic E-state index is 12.2. The number of para-hydroxylation sites is 1. The average Bonchev–Trinajstić information content (AvgIpc) is 2.58. The number of carbonyl (C=O) groups excluding carboxylic acids is 3. The minimum absolute atomic E-state index is 0.0759. The zero-order valence-electron chi connectivity index (χ0n) is 12.9. The first-order valence-corrected chi connectivity index (χ1v) is 6.81. The quantitative estimate of drug-likeness (QED) is 0.629. The van der Waals surface area contributed by atoms with Gasteiger partial charge in [-0.25, -0.2) is 19.4 Å². The van der Waals surface area contributed by atoms with Crippen molar-refractivity contribution in [1.82, 2.24) is 4.98 Å². The van der Waals surface area contributed by atoms with Gasteiger partial charge in [-0.05, 0) is 13.0 Å². The van der Waals surface area contributed by atoms with E-state index in [1.165, 1.54) is 7.11 Å². The second-order valence-electron chi connectivity index (χ2n) is 4.43. The molecule has 0 aliphatic heterocycles. The van der Waals surface area contributed by atoms with E-state index in [1.807, 2.05) is 0 Å². The van der Waals surface area contributed by atoms with Crippen LogP contribution < -0.4 is 0 Å². The van der Waals surface area contributed by atoms with E-state index in [-0.39, 0.29) is 23.4 Å². The number of esters is 3. The van der Waals surface area contributed by atoms with Crippen molar-refractivity contribution in [3.8, 4) is 0 Å². The van der Waals surface area contributed by atoms with Gasteiger partial charge in [0, 0.05) is 5.39 Å². The zero-order chi connectivity index (χ0) is 17.0. The Morgan fingerprint density at radius 1 is 0.957 bits per heavy atom. The normalized spacial score (nSPS) is 10.2. The largest absolute Gasteiger partial charge is 0.465 e. The molecule has 2 rings (SSSR count). The molecule has 0 aliphatic rings. The Balaban J connectivity index is 2.91. The summed E-state index contributed by atoms with van der Waals surface area (Å²) in [7, 11) is 2.33. The van der Waals surface area contributed by atoms with Gasteiger partial charge >= 0.3 is 17.9 Å². The van der Waals surface area contributed by atoms with E-state index in [2.05, 4.69) is 4.98 Å². The summed E-state index contributed by atoms with van der Waals surface area (Å²) in [6.07, 6.45) is 0. The smallest absolute Gasteiger partial charge is 0.357 e. The molecule has 0 aliphatic carbocycles. The summed E-state index contributed by atoms with van der Waals surface area (Å²) in [4.78, 5) is 40.6. The van der Waals surface area contributed by atoms with Crippen molar-refractivity contribution < 1.29 is 28.6 Å². The highest BCUT2D eigenvalue weighted by Gasteiger charge is 2.30. The molecule has 23 heavy (non-hydrogen) atoms. The molecular weight excluding hydrogens is 302 g/mol. The van der Waals surface area contributed by atoms with Crippen molar-refractivity contribution in [3.05, 3.63) is 41.1 Å². The molecule has 120 valence electrons. The fourth-order valence-electron chi connectivity index (χ4n) is 2.17. The standard InChI is InChI=1S/C16H15NO6/c1-4-23-16(20)13-12(15(19)22-3)11(14(18)21-2)9-7-5-6-8-10(9)17-13/h5-8H,4H2,1-3H3. The molecule has 7 nitrogen and oxygen atoms in total. The van der Waals surface area contributed by atoms with Crippen LogP contribution in [-0.4, -0.2) is 43.7 Å². The molecule has 0 bridgehead atoms. The number of carbonyl (C=O) groups is 3. The van der Waals surface area contributed by atoms with Gasteiger partial charge in [-0.2, -0.15) is 0 Å². The predicted molar refractivity (Wildman–Crippen MR) is 80.4 cm³/mol. The first-order valence-electron chi connectivity index (χ1n) is 6.81. The van der Waals surface area contributed by atoms with Crippen LogP contribution in [0.15, 0.2) is 24.3 Å². The van der Waals surface area contributed by atoms with Crippen LogP contribution in [0.5, 0.6) is 0 Å². The third-order valence-corrected chi connectivity index (χ3v) is 3.14. The Kier molecular flexibility index (Phi) is 4.90. The minimum Gasteiger partial charge on any atom is -0.465 e. The van der Waals surface area contributed by atoms with E-state index in [4.69, 9.17) is 14.2 Å². The molecule has 0 unspecified atom stereocenters. The second-order valence-corrected chi connectivity index (χ2v) is 4.43. The Morgan fingerprint density at radius 3 is 2.17 bits per heavy atom. The number of nitrogens with zero attached hydrogens (tertiary/aromatic N) is 1. The lowest BCUT2D eigenvalue weighted by molar-refractivity contribution is 0.0493. The highest BCUT2D eigenvalue weighted by Crippen LogP contribution is 2.26. The summed E-state index contributed by atoms with van der Waals surface area (Å²) >= 11 is 0. The third kappa shape index (κ3) is 2.98. The van der Waals surface area contributed by atoms with Gasteiger partial charge < -0.3 is 14.2 Å². The molecule has 1 aromatic heterocycles. The van der Waals surface area contributed by atoms with Crippen LogP contribution in [0.25, 0.3) is 10.9 Å². The number of rotatable bonds is 4. The predicted octanol–water partition coefficient (Wildman–Crippen LogP) is 1.98. The Labute approximate surface area is 132 Å². The van der Waals surface area contributed by atoms with Crippen molar-refractivity contribution in [2.24, 2.45) is 0 Å². The van der Waals surface area contributed by atoms with Crippen LogP contribution >= 0.6 is 0 Å². The summed E-state index contributed by atoms with van der Waals surface area (Å²) in [6, 6.07) is 6.60. The number of ether oxygens (including phenoxy) is 3. The first-order chi connectivity index (χ1) is 11.0. The van der Waals surface area contributed by atoms with Crippen LogP contribution in [0.2, 0.25) is 0 Å². The number of hydrogen-bond acceptors (Lipinski definition) is 7. The number of benzene rings is 1. The molecule has 0 saturated carbocycles. The maximum absolute atomic E-state index is 12.2. The van der Waals surface area contributed by atoms with E-state index in [9.17, 15) is 14.4 Å². The van der Waals surface area contributed by atoms with E-state index in [0.29, 0.717) is 10.9 Å². The van der Waals surface area contributed by atoms with E-state index >= 15 is 0 Å². The summed E-state index contributed by atoms with van der Waals surface area (Å²) < 4.78 is 14.4. The van der Waals surface area contributed by atoms with Crippen molar-refractivity contribution in [3.63, 3.8) is 0 Å². The Bertz CT molecular complexity index is 783. The fraction of sp³-hybridized carbons (Fsp3) is 0.250. The van der Waals surface area contributed by atoms with Crippen LogP contribution in [-0.2, 0) is 14.2 Å². The van der Waals surface area contributed by atoms with Gasteiger partial charge in [0.15, 0.2) is 5.69 Å². The molecule has 1 aromatic carbocycles. The van der Waals surface area contributed by atoms with Crippen molar-refractivity contribution >= 4 is 28.8 Å². The Morgan fingerprint density at radius 2 is 1.57 bits per heavy atom. The Hall–Kier alpha value is -2.96. The zero-order valence-corrected chi connectivity index (χ0v) is 12.9. The van der Waals surface area contributed by atoms with E-state index < -0.39 is 17.9 Å². The lowest BCUT2D eigenvalue weighted by Crippen LogP contribution is -2.20. The van der Waals surface area contributed by atoms with E-state index in [1.54, 1.807) is 31.2 Å². The first kappa shape index (κ1) is 16.4. The SMILES string of the molecule is CCOC(=O)c1nc2ccccc2c(C(=O)OC)c1C(=O)OC. The van der Waals surface area contributed by atoms with Gasteiger partial charge in [0.25, 0.3) is 0 Å². The van der Waals surface area contributed by atoms with Crippen molar-refractivity contribution in [2.45, 2.75) is 6.92 Å². The summed E-state index contributed by atoms with van der Waals surface area (Å²) in [5, 5.41) is 0.382. The highest BCUT2D eigenvalue weighted by atomic mass is 16.5. The van der Waals surface area contributed by atoms with Gasteiger partial charge in [-0.1, -0.05) is 18.2 Å². The lowest BCUT2D eigenvalue weighted by Gasteiger charge is -2.13. The number of pyridine rings is 1. The lowest BCUT2D eigenvalue weighted by atomic mass is 10.00. The van der Waals surface area contributed by atoms with Gasteiger partial charge in [0.05, 0.1) is 31.9 Å². The number of fused-ring (bicyclic) bond motifs is 1. The van der Waals surface area contributed by atoms with Crippen molar-refractivity contribution in [1.29, 1.82) is 0 Å². The van der Waals surface area contributed by atoms with Gasteiger partial charge in [0.2, 0.25) is 0 Å². The monoisotopic (exact) mass is 317 g/mol. The summed E-state index contributed by atoms with van der Waals surface area (Å²) in [5.74, 6) is -2.45. The molecule has 1 heterocycles. The molecule has 0 saturated heterocycles. The topological polar surface area (TPSA) is 91.8 Å². The average molecular weight is 317 g/mol. The van der Waals surface area contributed by atoms with E-state index in [0.717, 1.165) is 7.11 Å². The molecular formula is C16H15NO6.